The summed E-state index contributed by atoms with van der Waals surface area (Å²) >= 11 is 1.78. The molecule has 2 aromatic heterocycles. The second-order valence-corrected chi connectivity index (χ2v) is 5.81. The zero-order valence-electron chi connectivity index (χ0n) is 10.8. The predicted octanol–water partition coefficient (Wildman–Crippen LogP) is 4.00. The molecular formula is C14H17FN2S. The predicted molar refractivity (Wildman–Crippen MR) is 73.2 cm³/mol. The Balaban J connectivity index is 2.05. The van der Waals surface area contributed by atoms with Gasteiger partial charge in [-0.3, -0.25) is 4.98 Å². The van der Waals surface area contributed by atoms with Crippen LogP contribution in [0.15, 0.2) is 30.6 Å². The van der Waals surface area contributed by atoms with E-state index in [0.717, 1.165) is 5.56 Å². The molecule has 0 saturated carbocycles. The molecule has 2 aromatic rings. The lowest BCUT2D eigenvalue weighted by Crippen LogP contribution is -2.22. The Morgan fingerprint density at radius 3 is 2.61 bits per heavy atom. The molecule has 0 aliphatic heterocycles. The van der Waals surface area contributed by atoms with Crippen molar-refractivity contribution in [1.82, 2.24) is 10.3 Å². The largest absolute Gasteiger partial charge is 0.303 e. The van der Waals surface area contributed by atoms with Crippen molar-refractivity contribution >= 4 is 11.3 Å². The maximum atomic E-state index is 13.1. The van der Waals surface area contributed by atoms with E-state index >= 15 is 0 Å². The minimum atomic E-state index is -0.291. The molecule has 0 aliphatic rings. The second kappa shape index (κ2) is 5.59. The number of nitrogens with zero attached hydrogens (tertiary/aromatic N) is 1. The highest BCUT2D eigenvalue weighted by Crippen LogP contribution is 2.25. The molecule has 2 atom stereocenters. The van der Waals surface area contributed by atoms with Crippen LogP contribution in [0.3, 0.4) is 0 Å². The molecule has 18 heavy (non-hydrogen) atoms. The Labute approximate surface area is 111 Å². The van der Waals surface area contributed by atoms with E-state index in [1.165, 1.54) is 22.0 Å². The first-order valence-corrected chi connectivity index (χ1v) is 6.80. The summed E-state index contributed by atoms with van der Waals surface area (Å²) in [7, 11) is 0. The third kappa shape index (κ3) is 3.15. The van der Waals surface area contributed by atoms with Crippen molar-refractivity contribution in [1.29, 1.82) is 0 Å². The van der Waals surface area contributed by atoms with Crippen molar-refractivity contribution in [3.63, 3.8) is 0 Å². The molecule has 0 radical (unpaired) electrons. The molecule has 2 rings (SSSR count). The first-order chi connectivity index (χ1) is 8.56. The molecule has 2 heterocycles. The van der Waals surface area contributed by atoms with E-state index in [1.807, 2.05) is 6.92 Å². The third-order valence-corrected chi connectivity index (χ3v) is 4.10. The van der Waals surface area contributed by atoms with Crippen LogP contribution >= 0.6 is 11.3 Å². The SMILES string of the molecule is Cc1ccc(C(C)NC(C)c2cncc(F)c2)s1. The smallest absolute Gasteiger partial charge is 0.141 e. The summed E-state index contributed by atoms with van der Waals surface area (Å²) in [5.41, 5.74) is 0.870. The minimum Gasteiger partial charge on any atom is -0.303 e. The van der Waals surface area contributed by atoms with Crippen LogP contribution in [0.5, 0.6) is 0 Å². The fourth-order valence-corrected chi connectivity index (χ4v) is 2.79. The Kier molecular flexibility index (Phi) is 4.09. The van der Waals surface area contributed by atoms with Gasteiger partial charge in [0.05, 0.1) is 6.20 Å². The van der Waals surface area contributed by atoms with Crippen molar-refractivity contribution < 1.29 is 4.39 Å². The molecule has 4 heteroatoms. The second-order valence-electron chi connectivity index (χ2n) is 4.49. The fourth-order valence-electron chi connectivity index (χ4n) is 1.90. The van der Waals surface area contributed by atoms with Crippen molar-refractivity contribution in [2.24, 2.45) is 0 Å². The average molecular weight is 264 g/mol. The molecule has 0 aliphatic carbocycles. The van der Waals surface area contributed by atoms with Gasteiger partial charge in [0.25, 0.3) is 0 Å². The quantitative estimate of drug-likeness (QED) is 0.902. The zero-order valence-corrected chi connectivity index (χ0v) is 11.6. The van der Waals surface area contributed by atoms with Crippen LogP contribution in [0, 0.1) is 12.7 Å². The van der Waals surface area contributed by atoms with Gasteiger partial charge in [-0.1, -0.05) is 0 Å². The lowest BCUT2D eigenvalue weighted by molar-refractivity contribution is 0.495. The summed E-state index contributed by atoms with van der Waals surface area (Å²) in [6.07, 6.45) is 2.93. The third-order valence-electron chi connectivity index (χ3n) is 2.91. The van der Waals surface area contributed by atoms with E-state index in [-0.39, 0.29) is 17.9 Å². The van der Waals surface area contributed by atoms with Gasteiger partial charge in [0.1, 0.15) is 5.82 Å². The molecule has 0 amide bonds. The Morgan fingerprint density at radius 1 is 1.22 bits per heavy atom. The van der Waals surface area contributed by atoms with Crippen molar-refractivity contribution in [2.75, 3.05) is 0 Å². The normalized spacial score (nSPS) is 14.4. The summed E-state index contributed by atoms with van der Waals surface area (Å²) in [5, 5.41) is 3.46. The van der Waals surface area contributed by atoms with Gasteiger partial charge in [0, 0.05) is 28.0 Å². The van der Waals surface area contributed by atoms with Crippen LogP contribution in [-0.4, -0.2) is 4.98 Å². The number of nitrogens with one attached hydrogen (secondary N) is 1. The van der Waals surface area contributed by atoms with E-state index in [1.54, 1.807) is 17.5 Å². The highest BCUT2D eigenvalue weighted by molar-refractivity contribution is 7.12. The molecular weight excluding hydrogens is 247 g/mol. The molecule has 1 N–H and O–H groups in total. The lowest BCUT2D eigenvalue weighted by Gasteiger charge is -2.19. The zero-order chi connectivity index (χ0) is 13.1. The van der Waals surface area contributed by atoms with Crippen molar-refractivity contribution in [2.45, 2.75) is 32.9 Å². The van der Waals surface area contributed by atoms with Crippen LogP contribution in [-0.2, 0) is 0 Å². The Bertz CT molecular complexity index is 524. The molecule has 0 saturated heterocycles. The molecule has 0 bridgehead atoms. The van der Waals surface area contributed by atoms with Crippen LogP contribution in [0.4, 0.5) is 4.39 Å². The molecule has 2 unspecified atom stereocenters. The summed E-state index contributed by atoms with van der Waals surface area (Å²) in [6.45, 7) is 6.24. The van der Waals surface area contributed by atoms with Gasteiger partial charge in [-0.05, 0) is 44.5 Å². The Morgan fingerprint density at radius 2 is 2.00 bits per heavy atom. The first kappa shape index (κ1) is 13.2. The maximum absolute atomic E-state index is 13.1. The minimum absolute atomic E-state index is 0.0746. The van der Waals surface area contributed by atoms with E-state index < -0.39 is 0 Å². The Hall–Kier alpha value is -1.26. The molecule has 2 nitrogen and oxygen atoms in total. The molecule has 96 valence electrons. The first-order valence-electron chi connectivity index (χ1n) is 5.99. The van der Waals surface area contributed by atoms with Crippen LogP contribution < -0.4 is 5.32 Å². The lowest BCUT2D eigenvalue weighted by atomic mass is 10.1. The van der Waals surface area contributed by atoms with Crippen LogP contribution in [0.25, 0.3) is 0 Å². The van der Waals surface area contributed by atoms with Crippen LogP contribution in [0.2, 0.25) is 0 Å². The maximum Gasteiger partial charge on any atom is 0.141 e. The van der Waals surface area contributed by atoms with Crippen molar-refractivity contribution in [3.8, 4) is 0 Å². The van der Waals surface area contributed by atoms with Gasteiger partial charge >= 0.3 is 0 Å². The van der Waals surface area contributed by atoms with E-state index in [0.29, 0.717) is 0 Å². The number of pyridine rings is 1. The summed E-state index contributed by atoms with van der Waals surface area (Å²) < 4.78 is 13.1. The van der Waals surface area contributed by atoms with Crippen molar-refractivity contribution in [3.05, 3.63) is 51.7 Å². The standard InChI is InChI=1S/C14H17FN2S/c1-9-4-5-14(18-9)11(3)17-10(2)12-6-13(15)8-16-7-12/h4-8,10-11,17H,1-3H3. The van der Waals surface area contributed by atoms with Gasteiger partial charge in [0.15, 0.2) is 0 Å². The summed E-state index contributed by atoms with van der Waals surface area (Å²) in [6, 6.07) is 6.10. The van der Waals surface area contributed by atoms with E-state index in [2.05, 4.69) is 36.3 Å². The number of aryl methyl sites for hydroxylation is 1. The molecule has 0 aromatic carbocycles. The summed E-state index contributed by atoms with van der Waals surface area (Å²) in [4.78, 5) is 6.48. The van der Waals surface area contributed by atoms with Crippen LogP contribution in [0.1, 0.15) is 41.2 Å². The van der Waals surface area contributed by atoms with Gasteiger partial charge in [-0.25, -0.2) is 4.39 Å². The number of halogens is 1. The fraction of sp³-hybridized carbons (Fsp3) is 0.357. The topological polar surface area (TPSA) is 24.9 Å². The highest BCUT2D eigenvalue weighted by Gasteiger charge is 2.13. The van der Waals surface area contributed by atoms with Gasteiger partial charge in [-0.2, -0.15) is 0 Å². The van der Waals surface area contributed by atoms with E-state index in [4.69, 9.17) is 0 Å². The number of rotatable bonds is 4. The number of hydrogen-bond donors (Lipinski definition) is 1. The highest BCUT2D eigenvalue weighted by atomic mass is 32.1. The number of aromatic nitrogens is 1. The average Bonchev–Trinajstić information content (AvgIpc) is 2.76. The molecule has 0 fully saturated rings. The van der Waals surface area contributed by atoms with E-state index in [9.17, 15) is 4.39 Å². The van der Waals surface area contributed by atoms with Gasteiger partial charge in [0.2, 0.25) is 0 Å². The number of thiophene rings is 1. The van der Waals surface area contributed by atoms with Gasteiger partial charge in [-0.15, -0.1) is 11.3 Å². The summed E-state index contributed by atoms with van der Waals surface area (Å²) in [5.74, 6) is -0.291. The molecule has 0 spiro atoms. The van der Waals surface area contributed by atoms with Gasteiger partial charge < -0.3 is 5.32 Å². The monoisotopic (exact) mass is 264 g/mol. The number of hydrogen-bond acceptors (Lipinski definition) is 3.